The molecule has 3 fully saturated rings. The van der Waals surface area contributed by atoms with Crippen LogP contribution in [0.5, 0.6) is 0 Å². The number of carbonyl (C=O) groups excluding carboxylic acids is 1. The Morgan fingerprint density at radius 3 is 2.48 bits per heavy atom. The summed E-state index contributed by atoms with van der Waals surface area (Å²) < 4.78 is 0. The van der Waals surface area contributed by atoms with Crippen molar-refractivity contribution in [2.24, 2.45) is 45.3 Å². The molecule has 0 bridgehead atoms. The van der Waals surface area contributed by atoms with Crippen molar-refractivity contribution < 1.29 is 9.90 Å². The Labute approximate surface area is 177 Å². The molecule has 2 nitrogen and oxygen atoms in total. The van der Waals surface area contributed by atoms with Crippen LogP contribution in [0, 0.1) is 45.3 Å². The molecular weight excluding hydrogens is 356 g/mol. The number of hydrogen-bond donors (Lipinski definition) is 1. The number of fused-ring (bicyclic) bond motifs is 7. The van der Waals surface area contributed by atoms with Gasteiger partial charge in [0.05, 0.1) is 6.10 Å². The summed E-state index contributed by atoms with van der Waals surface area (Å²) in [6.07, 6.45) is 15.6. The molecular formula is C27H40O2. The second-order valence-electron chi connectivity index (χ2n) is 12.3. The van der Waals surface area contributed by atoms with Crippen LogP contribution in [-0.4, -0.2) is 17.0 Å². The summed E-state index contributed by atoms with van der Waals surface area (Å²) in [4.78, 5) is 12.4. The zero-order valence-corrected chi connectivity index (χ0v) is 19.1. The Hall–Kier alpha value is -0.890. The normalized spacial score (nSPS) is 56.1. The molecule has 0 saturated heterocycles. The van der Waals surface area contributed by atoms with Gasteiger partial charge in [-0.15, -0.1) is 0 Å². The quantitative estimate of drug-likeness (QED) is 0.581. The molecule has 5 rings (SSSR count). The average molecular weight is 397 g/mol. The van der Waals surface area contributed by atoms with Gasteiger partial charge in [-0.2, -0.15) is 0 Å². The summed E-state index contributed by atoms with van der Waals surface area (Å²) >= 11 is 0. The smallest absolute Gasteiger partial charge is 0.181 e. The Bertz CT molecular complexity index is 794. The fourth-order valence-electron chi connectivity index (χ4n) is 9.79. The Morgan fingerprint density at radius 2 is 1.76 bits per heavy atom. The van der Waals surface area contributed by atoms with Crippen molar-refractivity contribution in [2.45, 2.75) is 92.1 Å². The molecule has 0 aromatic heterocycles. The van der Waals surface area contributed by atoms with Crippen LogP contribution < -0.4 is 0 Å². The van der Waals surface area contributed by atoms with Crippen LogP contribution in [-0.2, 0) is 4.79 Å². The van der Waals surface area contributed by atoms with E-state index >= 15 is 0 Å². The summed E-state index contributed by atoms with van der Waals surface area (Å²) in [6.45, 7) is 12.4. The van der Waals surface area contributed by atoms with E-state index in [9.17, 15) is 9.90 Å². The third-order valence-corrected chi connectivity index (χ3v) is 11.5. The molecule has 0 unspecified atom stereocenters. The Morgan fingerprint density at radius 1 is 1.03 bits per heavy atom. The van der Waals surface area contributed by atoms with Gasteiger partial charge in [0.15, 0.2) is 5.78 Å². The molecule has 9 atom stereocenters. The number of hydrogen-bond acceptors (Lipinski definition) is 2. The highest BCUT2D eigenvalue weighted by atomic mass is 16.3. The van der Waals surface area contributed by atoms with E-state index < -0.39 is 0 Å². The first-order chi connectivity index (χ1) is 13.6. The van der Waals surface area contributed by atoms with Gasteiger partial charge in [0.2, 0.25) is 0 Å². The van der Waals surface area contributed by atoms with Crippen LogP contribution in [0.15, 0.2) is 23.8 Å². The van der Waals surface area contributed by atoms with Crippen LogP contribution >= 0.6 is 0 Å². The molecule has 5 aliphatic carbocycles. The van der Waals surface area contributed by atoms with E-state index in [0.29, 0.717) is 22.7 Å². The van der Waals surface area contributed by atoms with Gasteiger partial charge in [0, 0.05) is 16.9 Å². The number of rotatable bonds is 1. The van der Waals surface area contributed by atoms with E-state index in [0.717, 1.165) is 24.3 Å². The molecule has 0 aromatic carbocycles. The number of aliphatic hydroxyl groups excluding tert-OH is 1. The van der Waals surface area contributed by atoms with Gasteiger partial charge in [0.25, 0.3) is 0 Å². The van der Waals surface area contributed by atoms with E-state index in [2.05, 4.69) is 46.8 Å². The molecule has 2 heteroatoms. The molecule has 1 N–H and O–H groups in total. The maximum atomic E-state index is 12.4. The molecule has 3 saturated carbocycles. The first-order valence-electron chi connectivity index (χ1n) is 12.2. The molecule has 160 valence electrons. The van der Waals surface area contributed by atoms with Gasteiger partial charge in [-0.05, 0) is 78.6 Å². The lowest BCUT2D eigenvalue weighted by molar-refractivity contribution is -0.231. The monoisotopic (exact) mass is 396 g/mol. The standard InChI is InChI=1S/C27H40O2/c1-6-24(2)13-7-14-25(3)20(24)12-15-26(4)21-11-8-17-18(9-10-19(17)28)27(21,5)23(29)16-22(25)26/h8-10,18,20-23,29H,6-7,11-16H2,1-5H3/t18-,20+,21-,22-,23-,24-,25-,26-,27+/m0/s1. The zero-order valence-electron chi connectivity index (χ0n) is 19.1. The van der Waals surface area contributed by atoms with Gasteiger partial charge in [-0.3, -0.25) is 4.79 Å². The van der Waals surface area contributed by atoms with E-state index in [4.69, 9.17) is 0 Å². The summed E-state index contributed by atoms with van der Waals surface area (Å²) in [6, 6.07) is 0. The van der Waals surface area contributed by atoms with E-state index in [-0.39, 0.29) is 28.6 Å². The van der Waals surface area contributed by atoms with Crippen molar-refractivity contribution in [2.75, 3.05) is 0 Å². The first-order valence-corrected chi connectivity index (χ1v) is 12.2. The van der Waals surface area contributed by atoms with Crippen LogP contribution in [0.25, 0.3) is 0 Å². The lowest BCUT2D eigenvalue weighted by atomic mass is 9.34. The van der Waals surface area contributed by atoms with Gasteiger partial charge < -0.3 is 5.11 Å². The summed E-state index contributed by atoms with van der Waals surface area (Å²) in [7, 11) is 0. The van der Waals surface area contributed by atoms with Crippen LogP contribution in [0.4, 0.5) is 0 Å². The van der Waals surface area contributed by atoms with Gasteiger partial charge in [0.1, 0.15) is 0 Å². The Balaban J connectivity index is 1.59. The minimum absolute atomic E-state index is 0.110. The number of ketones is 1. The number of allylic oxidation sites excluding steroid dienone is 4. The van der Waals surface area contributed by atoms with Crippen molar-refractivity contribution in [1.29, 1.82) is 0 Å². The largest absolute Gasteiger partial charge is 0.393 e. The van der Waals surface area contributed by atoms with Crippen LogP contribution in [0.3, 0.4) is 0 Å². The maximum absolute atomic E-state index is 12.4. The molecule has 5 aliphatic rings. The predicted octanol–water partition coefficient (Wildman–Crippen LogP) is 6.10. The molecule has 0 heterocycles. The zero-order chi connectivity index (χ0) is 20.8. The van der Waals surface area contributed by atoms with E-state index in [1.54, 1.807) is 6.08 Å². The first kappa shape index (κ1) is 20.0. The SMILES string of the molecule is CC[C@@]1(C)CCC[C@]2(C)[C@@H]3C[C@H](O)[C@]4(C)[C@H]5C=CC(=O)C5=CC[C@H]4[C@]3(C)CC[C@H]12. The second-order valence-corrected chi connectivity index (χ2v) is 12.3. The van der Waals surface area contributed by atoms with Crippen molar-refractivity contribution >= 4 is 5.78 Å². The summed E-state index contributed by atoms with van der Waals surface area (Å²) in [5, 5.41) is 11.7. The van der Waals surface area contributed by atoms with E-state index in [1.807, 2.05) is 0 Å². The predicted molar refractivity (Wildman–Crippen MR) is 117 cm³/mol. The Kier molecular flexibility index (Phi) is 4.20. The summed E-state index contributed by atoms with van der Waals surface area (Å²) in [5.41, 5.74) is 1.81. The molecule has 0 amide bonds. The maximum Gasteiger partial charge on any atom is 0.181 e. The van der Waals surface area contributed by atoms with Gasteiger partial charge >= 0.3 is 0 Å². The highest BCUT2D eigenvalue weighted by Crippen LogP contribution is 2.73. The molecule has 0 aliphatic heterocycles. The fourth-order valence-corrected chi connectivity index (χ4v) is 9.79. The van der Waals surface area contributed by atoms with Crippen molar-refractivity contribution in [1.82, 2.24) is 0 Å². The van der Waals surface area contributed by atoms with Crippen molar-refractivity contribution in [3.8, 4) is 0 Å². The van der Waals surface area contributed by atoms with Gasteiger partial charge in [-0.25, -0.2) is 0 Å². The van der Waals surface area contributed by atoms with Crippen molar-refractivity contribution in [3.05, 3.63) is 23.8 Å². The average Bonchev–Trinajstić information content (AvgIpc) is 3.06. The van der Waals surface area contributed by atoms with Gasteiger partial charge in [-0.1, -0.05) is 59.6 Å². The topological polar surface area (TPSA) is 37.3 Å². The number of aliphatic hydroxyl groups is 1. The molecule has 0 spiro atoms. The minimum atomic E-state index is -0.319. The minimum Gasteiger partial charge on any atom is -0.393 e. The molecule has 0 radical (unpaired) electrons. The third kappa shape index (κ3) is 2.31. The van der Waals surface area contributed by atoms with Crippen LogP contribution in [0.1, 0.15) is 86.0 Å². The third-order valence-electron chi connectivity index (χ3n) is 11.5. The molecule has 29 heavy (non-hydrogen) atoms. The lowest BCUT2D eigenvalue weighted by Crippen LogP contribution is -2.66. The van der Waals surface area contributed by atoms with E-state index in [1.165, 1.54) is 38.5 Å². The second kappa shape index (κ2) is 6.09. The summed E-state index contributed by atoms with van der Waals surface area (Å²) in [5.74, 6) is 2.12. The highest BCUT2D eigenvalue weighted by Gasteiger charge is 2.68. The lowest BCUT2D eigenvalue weighted by Gasteiger charge is -2.70. The van der Waals surface area contributed by atoms with Crippen LogP contribution in [0.2, 0.25) is 0 Å². The fraction of sp³-hybridized carbons (Fsp3) is 0.815. The van der Waals surface area contributed by atoms with Crippen molar-refractivity contribution in [3.63, 3.8) is 0 Å². The number of carbonyl (C=O) groups is 1. The highest BCUT2D eigenvalue weighted by molar-refractivity contribution is 6.07. The molecule has 0 aromatic rings.